The molecule has 0 bridgehead atoms. The minimum absolute atomic E-state index is 0.275. The molecule has 0 aliphatic carbocycles. The van der Waals surface area contributed by atoms with E-state index in [2.05, 4.69) is 71.8 Å². The molecule has 3 aromatic carbocycles. The number of fused-ring (bicyclic) bond motifs is 1. The van der Waals surface area contributed by atoms with Gasteiger partial charge in [0.25, 0.3) is 0 Å². The number of sulfonamides is 1. The molecule has 6 nitrogen and oxygen atoms in total. The molecule has 1 aliphatic heterocycles. The maximum atomic E-state index is 13.2. The molecule has 3 heterocycles. The number of nitrogens with zero attached hydrogens (tertiary/aromatic N) is 4. The Balaban J connectivity index is 1.32. The number of rotatable bonds is 6. The third-order valence-electron chi connectivity index (χ3n) is 7.62. The quantitative estimate of drug-likeness (QED) is 0.235. The van der Waals surface area contributed by atoms with Crippen LogP contribution in [0.1, 0.15) is 16.8 Å². The van der Waals surface area contributed by atoms with Crippen molar-refractivity contribution in [3.05, 3.63) is 113 Å². The maximum absolute atomic E-state index is 13.2. The summed E-state index contributed by atoms with van der Waals surface area (Å²) >= 11 is 5.97. The predicted molar refractivity (Wildman–Crippen MR) is 161 cm³/mol. The Morgan fingerprint density at radius 2 is 1.55 bits per heavy atom. The lowest BCUT2D eigenvalue weighted by molar-refractivity contribution is 0.180. The number of benzene rings is 3. The van der Waals surface area contributed by atoms with Gasteiger partial charge in [0.1, 0.15) is 5.65 Å². The molecule has 0 N–H and O–H groups in total. The topological polar surface area (TPSA) is 57.9 Å². The highest BCUT2D eigenvalue weighted by Crippen LogP contribution is 2.30. The fraction of sp³-hybridized carbons (Fsp3) is 0.219. The Hall–Kier alpha value is -3.49. The number of hydrogen-bond donors (Lipinski definition) is 0. The zero-order valence-electron chi connectivity index (χ0n) is 22.6. The molecule has 0 saturated carbocycles. The largest absolute Gasteiger partial charge is 0.301 e. The van der Waals surface area contributed by atoms with E-state index in [-0.39, 0.29) is 4.90 Å². The Morgan fingerprint density at radius 1 is 0.825 bits per heavy atom. The lowest BCUT2D eigenvalue weighted by Gasteiger charge is -2.34. The van der Waals surface area contributed by atoms with Gasteiger partial charge in [0.05, 0.1) is 16.3 Å². The summed E-state index contributed by atoms with van der Waals surface area (Å²) in [7, 11) is -3.56. The number of piperazine rings is 1. The van der Waals surface area contributed by atoms with Gasteiger partial charge in [-0.2, -0.15) is 4.31 Å². The van der Waals surface area contributed by atoms with Gasteiger partial charge >= 0.3 is 0 Å². The Morgan fingerprint density at radius 3 is 2.27 bits per heavy atom. The monoisotopic (exact) mass is 570 g/mol. The zero-order valence-corrected chi connectivity index (χ0v) is 24.2. The Labute approximate surface area is 240 Å². The van der Waals surface area contributed by atoms with Crippen LogP contribution in [0.3, 0.4) is 0 Å². The van der Waals surface area contributed by atoms with Crippen LogP contribution in [0.5, 0.6) is 0 Å². The van der Waals surface area contributed by atoms with Crippen molar-refractivity contribution in [2.24, 2.45) is 0 Å². The molecule has 1 aliphatic rings. The predicted octanol–water partition coefficient (Wildman–Crippen LogP) is 6.45. The molecule has 2 aromatic heterocycles. The Bertz CT molecular complexity index is 1780. The molecule has 5 aromatic rings. The molecular weight excluding hydrogens is 540 g/mol. The summed E-state index contributed by atoms with van der Waals surface area (Å²) in [6.07, 6.45) is 2.19. The molecule has 1 saturated heterocycles. The summed E-state index contributed by atoms with van der Waals surface area (Å²) in [6.45, 7) is 7.03. The van der Waals surface area contributed by atoms with Crippen molar-refractivity contribution in [3.63, 3.8) is 0 Å². The number of pyridine rings is 1. The van der Waals surface area contributed by atoms with Gasteiger partial charge in [-0.1, -0.05) is 65.7 Å². The van der Waals surface area contributed by atoms with Crippen LogP contribution < -0.4 is 0 Å². The van der Waals surface area contributed by atoms with E-state index in [1.54, 1.807) is 28.6 Å². The van der Waals surface area contributed by atoms with Gasteiger partial charge in [-0.3, -0.25) is 4.90 Å². The molecule has 6 rings (SSSR count). The van der Waals surface area contributed by atoms with Crippen molar-refractivity contribution in [1.82, 2.24) is 18.6 Å². The number of aromatic nitrogens is 2. The highest BCUT2D eigenvalue weighted by Gasteiger charge is 2.29. The van der Waals surface area contributed by atoms with Crippen molar-refractivity contribution in [3.8, 4) is 22.4 Å². The summed E-state index contributed by atoms with van der Waals surface area (Å²) in [4.78, 5) is 7.63. The first-order valence-electron chi connectivity index (χ1n) is 13.4. The van der Waals surface area contributed by atoms with Crippen molar-refractivity contribution in [1.29, 1.82) is 0 Å². The van der Waals surface area contributed by atoms with E-state index in [4.69, 9.17) is 16.6 Å². The van der Waals surface area contributed by atoms with Crippen molar-refractivity contribution >= 4 is 27.3 Å². The van der Waals surface area contributed by atoms with Gasteiger partial charge in [0.15, 0.2) is 0 Å². The standard InChI is InChI=1S/C32H31ClN4O2S/c1-23-8-9-24(2)29(20-23)26-10-15-31-34-32(25-6-4-3-5-7-25)30(37(31)21-26)22-35-16-18-36(19-17-35)40(38,39)28-13-11-27(33)12-14-28/h3-15,20-21H,16-19,22H2,1-2H3. The Kier molecular flexibility index (Phi) is 7.23. The fourth-order valence-corrected chi connectivity index (χ4v) is 6.92. The van der Waals surface area contributed by atoms with E-state index < -0.39 is 10.0 Å². The summed E-state index contributed by atoms with van der Waals surface area (Å²) in [5.41, 5.74) is 8.83. The number of halogens is 1. The summed E-state index contributed by atoms with van der Waals surface area (Å²) in [5, 5.41) is 0.520. The maximum Gasteiger partial charge on any atom is 0.243 e. The molecule has 0 atom stereocenters. The molecule has 0 radical (unpaired) electrons. The first-order valence-corrected chi connectivity index (χ1v) is 15.2. The van der Waals surface area contributed by atoms with E-state index in [0.717, 1.165) is 28.2 Å². The molecule has 0 spiro atoms. The van der Waals surface area contributed by atoms with E-state index in [1.807, 2.05) is 18.2 Å². The SMILES string of the molecule is Cc1ccc(C)c(-c2ccc3nc(-c4ccccc4)c(CN4CCN(S(=O)(=O)c5ccc(Cl)cc5)CC4)n3c2)c1. The highest BCUT2D eigenvalue weighted by atomic mass is 35.5. The van der Waals surface area contributed by atoms with Crippen LogP contribution in [0, 0.1) is 13.8 Å². The first kappa shape index (κ1) is 26.7. The minimum Gasteiger partial charge on any atom is -0.301 e. The van der Waals surface area contributed by atoms with Crippen molar-refractivity contribution in [2.75, 3.05) is 26.2 Å². The third-order valence-corrected chi connectivity index (χ3v) is 9.79. The minimum atomic E-state index is -3.56. The average Bonchev–Trinajstić information content (AvgIpc) is 3.33. The average molecular weight is 571 g/mol. The van der Waals surface area contributed by atoms with Crippen LogP contribution >= 0.6 is 11.6 Å². The van der Waals surface area contributed by atoms with Crippen molar-refractivity contribution < 1.29 is 8.42 Å². The first-order chi connectivity index (χ1) is 19.3. The van der Waals surface area contributed by atoms with Gasteiger partial charge in [-0.25, -0.2) is 13.4 Å². The number of hydrogen-bond acceptors (Lipinski definition) is 4. The second-order valence-electron chi connectivity index (χ2n) is 10.4. The summed E-state index contributed by atoms with van der Waals surface area (Å²) in [6, 6.07) is 27.4. The summed E-state index contributed by atoms with van der Waals surface area (Å²) in [5.74, 6) is 0. The van der Waals surface area contributed by atoms with E-state index in [1.165, 1.54) is 16.7 Å². The fourth-order valence-electron chi connectivity index (χ4n) is 5.37. The molecule has 40 heavy (non-hydrogen) atoms. The van der Waals surface area contributed by atoms with Gasteiger partial charge in [0.2, 0.25) is 10.0 Å². The van der Waals surface area contributed by atoms with Crippen LogP contribution in [0.15, 0.2) is 96.0 Å². The molecule has 1 fully saturated rings. The normalized spacial score (nSPS) is 15.1. The van der Waals surface area contributed by atoms with Crippen LogP contribution in [0.25, 0.3) is 28.0 Å². The highest BCUT2D eigenvalue weighted by molar-refractivity contribution is 7.89. The van der Waals surface area contributed by atoms with Gasteiger partial charge < -0.3 is 4.40 Å². The van der Waals surface area contributed by atoms with E-state index in [0.29, 0.717) is 37.7 Å². The third kappa shape index (κ3) is 5.18. The lowest BCUT2D eigenvalue weighted by Crippen LogP contribution is -2.48. The second kappa shape index (κ2) is 10.8. The van der Waals surface area contributed by atoms with Crippen LogP contribution in [0.2, 0.25) is 5.02 Å². The van der Waals surface area contributed by atoms with E-state index in [9.17, 15) is 8.42 Å². The van der Waals surface area contributed by atoms with Crippen molar-refractivity contribution in [2.45, 2.75) is 25.3 Å². The number of imidazole rings is 1. The van der Waals surface area contributed by atoms with Gasteiger partial charge in [-0.15, -0.1) is 0 Å². The molecular formula is C32H31ClN4O2S. The molecule has 0 unspecified atom stereocenters. The zero-order chi connectivity index (χ0) is 27.9. The van der Waals surface area contributed by atoms with Crippen LogP contribution in [-0.4, -0.2) is 53.2 Å². The second-order valence-corrected chi connectivity index (χ2v) is 12.7. The number of aryl methyl sites for hydroxylation is 2. The summed E-state index contributed by atoms with van der Waals surface area (Å²) < 4.78 is 30.2. The van der Waals surface area contributed by atoms with Crippen LogP contribution in [0.4, 0.5) is 0 Å². The molecule has 204 valence electrons. The smallest absolute Gasteiger partial charge is 0.243 e. The van der Waals surface area contributed by atoms with Crippen LogP contribution in [-0.2, 0) is 16.6 Å². The van der Waals surface area contributed by atoms with Gasteiger partial charge in [-0.05, 0) is 66.9 Å². The van der Waals surface area contributed by atoms with E-state index >= 15 is 0 Å². The lowest BCUT2D eigenvalue weighted by atomic mass is 10.00. The molecule has 8 heteroatoms. The van der Waals surface area contributed by atoms with Gasteiger partial charge in [0, 0.05) is 49.5 Å². The molecule has 0 amide bonds.